The molecule has 1 aliphatic rings. The highest BCUT2D eigenvalue weighted by molar-refractivity contribution is 8.15. The van der Waals surface area contributed by atoms with Crippen LogP contribution in [0.1, 0.15) is 11.5 Å². The molecule has 2 aromatic heterocycles. The van der Waals surface area contributed by atoms with Crippen molar-refractivity contribution >= 4 is 44.9 Å². The van der Waals surface area contributed by atoms with Gasteiger partial charge < -0.3 is 9.15 Å². The van der Waals surface area contributed by atoms with Crippen LogP contribution >= 0.6 is 11.8 Å². The molecule has 0 radical (unpaired) electrons. The maximum atomic E-state index is 13.0. The SMILES string of the molecule is CN1C(=O)SC(OCCc2nc3ccccc3o2)(c2cnc3ccccc3c2)C1=O. The zero-order valence-electron chi connectivity index (χ0n) is 16.1. The molecule has 0 spiro atoms. The van der Waals surface area contributed by atoms with E-state index in [0.29, 0.717) is 23.5 Å². The minimum atomic E-state index is -1.48. The third kappa shape index (κ3) is 3.05. The number of thioether (sulfide) groups is 1. The van der Waals surface area contributed by atoms with Crippen molar-refractivity contribution in [3.8, 4) is 0 Å². The lowest BCUT2D eigenvalue weighted by atomic mass is 10.1. The fraction of sp³-hybridized carbons (Fsp3) is 0.182. The van der Waals surface area contributed by atoms with Crippen molar-refractivity contribution in [1.82, 2.24) is 14.9 Å². The van der Waals surface area contributed by atoms with Gasteiger partial charge in [0.25, 0.3) is 11.1 Å². The summed E-state index contributed by atoms with van der Waals surface area (Å²) in [5, 5.41) is 0.502. The highest BCUT2D eigenvalue weighted by atomic mass is 32.2. The molecule has 8 heteroatoms. The quantitative estimate of drug-likeness (QED) is 0.481. The molecule has 1 aliphatic heterocycles. The summed E-state index contributed by atoms with van der Waals surface area (Å²) in [5.41, 5.74) is 2.80. The number of imide groups is 1. The first-order valence-corrected chi connectivity index (χ1v) is 10.2. The molecule has 30 heavy (non-hydrogen) atoms. The molecule has 1 atom stereocenters. The topological polar surface area (TPSA) is 85.5 Å². The van der Waals surface area contributed by atoms with E-state index in [9.17, 15) is 9.59 Å². The summed E-state index contributed by atoms with van der Waals surface area (Å²) in [6.07, 6.45) is 1.96. The molecule has 3 heterocycles. The Morgan fingerprint density at radius 1 is 1.10 bits per heavy atom. The van der Waals surface area contributed by atoms with E-state index in [2.05, 4.69) is 9.97 Å². The number of nitrogens with zero attached hydrogens (tertiary/aromatic N) is 3. The van der Waals surface area contributed by atoms with Gasteiger partial charge in [0.05, 0.1) is 12.1 Å². The molecule has 7 nitrogen and oxygen atoms in total. The number of ether oxygens (including phenoxy) is 1. The van der Waals surface area contributed by atoms with Crippen LogP contribution in [-0.4, -0.2) is 39.7 Å². The molecule has 1 unspecified atom stereocenters. The third-order valence-electron chi connectivity index (χ3n) is 5.02. The molecule has 1 saturated heterocycles. The van der Waals surface area contributed by atoms with Gasteiger partial charge >= 0.3 is 0 Å². The normalized spacial score (nSPS) is 19.3. The van der Waals surface area contributed by atoms with Crippen LogP contribution in [0.2, 0.25) is 0 Å². The summed E-state index contributed by atoms with van der Waals surface area (Å²) >= 11 is 0.855. The Morgan fingerprint density at radius 3 is 2.63 bits per heavy atom. The Bertz CT molecular complexity index is 1250. The van der Waals surface area contributed by atoms with Gasteiger partial charge in [0.2, 0.25) is 4.93 Å². The second-order valence-electron chi connectivity index (χ2n) is 6.94. The standard InChI is InChI=1S/C22H17N3O4S/c1-25-20(26)22(30-21(25)27,15-12-14-6-2-3-7-16(14)23-13-15)28-11-10-19-24-17-8-4-5-9-18(17)29-19/h2-9,12-13H,10-11H2,1H3. The van der Waals surface area contributed by atoms with Crippen molar-refractivity contribution in [3.63, 3.8) is 0 Å². The third-order valence-corrected chi connectivity index (χ3v) is 6.29. The van der Waals surface area contributed by atoms with Crippen molar-refractivity contribution in [1.29, 1.82) is 0 Å². The maximum absolute atomic E-state index is 13.0. The first-order valence-electron chi connectivity index (χ1n) is 9.42. The predicted octanol–water partition coefficient (Wildman–Crippen LogP) is 4.11. The Labute approximate surface area is 176 Å². The van der Waals surface area contributed by atoms with E-state index in [1.807, 2.05) is 54.6 Å². The maximum Gasteiger partial charge on any atom is 0.291 e. The fourth-order valence-electron chi connectivity index (χ4n) is 3.46. The lowest BCUT2D eigenvalue weighted by molar-refractivity contribution is -0.142. The van der Waals surface area contributed by atoms with E-state index in [1.54, 1.807) is 6.20 Å². The van der Waals surface area contributed by atoms with E-state index < -0.39 is 10.8 Å². The van der Waals surface area contributed by atoms with Gasteiger partial charge in [-0.2, -0.15) is 0 Å². The van der Waals surface area contributed by atoms with E-state index in [0.717, 1.165) is 33.1 Å². The van der Waals surface area contributed by atoms with Crippen LogP contribution < -0.4 is 0 Å². The first kappa shape index (κ1) is 18.8. The summed E-state index contributed by atoms with van der Waals surface area (Å²) in [6.45, 7) is 0.152. The number of carbonyl (C=O) groups is 2. The Hall–Kier alpha value is -3.23. The predicted molar refractivity (Wildman–Crippen MR) is 113 cm³/mol. The minimum absolute atomic E-state index is 0.152. The summed E-state index contributed by atoms with van der Waals surface area (Å²) in [6, 6.07) is 16.9. The summed E-state index contributed by atoms with van der Waals surface area (Å²) < 4.78 is 11.8. The number of aromatic nitrogens is 2. The molecule has 5 rings (SSSR count). The number of likely N-dealkylation sites (N-methyl/N-ethyl adjacent to an activating group) is 1. The number of hydrogen-bond acceptors (Lipinski definition) is 7. The lowest BCUT2D eigenvalue weighted by Gasteiger charge is -2.25. The smallest absolute Gasteiger partial charge is 0.291 e. The van der Waals surface area contributed by atoms with Gasteiger partial charge in [-0.25, -0.2) is 4.98 Å². The number of rotatable bonds is 5. The molecule has 2 amide bonds. The monoisotopic (exact) mass is 419 g/mol. The molecule has 4 aromatic rings. The molecule has 0 bridgehead atoms. The molecule has 0 saturated carbocycles. The van der Waals surface area contributed by atoms with Crippen molar-refractivity contribution < 1.29 is 18.7 Å². The Balaban J connectivity index is 1.45. The number of oxazole rings is 1. The van der Waals surface area contributed by atoms with Crippen LogP contribution in [0, 0.1) is 0 Å². The van der Waals surface area contributed by atoms with Crippen molar-refractivity contribution in [3.05, 3.63) is 72.2 Å². The van der Waals surface area contributed by atoms with E-state index in [1.165, 1.54) is 7.05 Å². The van der Waals surface area contributed by atoms with Crippen molar-refractivity contribution in [2.45, 2.75) is 11.4 Å². The largest absolute Gasteiger partial charge is 0.441 e. The van der Waals surface area contributed by atoms with Gasteiger partial charge in [-0.15, -0.1) is 0 Å². The number of fused-ring (bicyclic) bond motifs is 2. The van der Waals surface area contributed by atoms with Crippen LogP contribution in [0.25, 0.3) is 22.0 Å². The average Bonchev–Trinajstić information content (AvgIpc) is 3.28. The molecule has 1 fully saturated rings. The molecule has 0 N–H and O–H groups in total. The van der Waals surface area contributed by atoms with Gasteiger partial charge in [0.15, 0.2) is 11.5 Å². The highest BCUT2D eigenvalue weighted by Crippen LogP contribution is 2.46. The number of hydrogen-bond donors (Lipinski definition) is 0. The summed E-state index contributed by atoms with van der Waals surface area (Å²) in [4.78, 5) is 33.9. The fourth-order valence-corrected chi connectivity index (χ4v) is 4.52. The van der Waals surface area contributed by atoms with E-state index >= 15 is 0 Å². The number of pyridine rings is 1. The Morgan fingerprint density at radius 2 is 1.87 bits per heavy atom. The van der Waals surface area contributed by atoms with Crippen LogP contribution in [0.5, 0.6) is 0 Å². The second-order valence-corrected chi connectivity index (χ2v) is 8.07. The van der Waals surface area contributed by atoms with Gasteiger partial charge in [-0.1, -0.05) is 30.3 Å². The zero-order valence-corrected chi connectivity index (χ0v) is 16.9. The number of carbonyl (C=O) groups excluding carboxylic acids is 2. The van der Waals surface area contributed by atoms with Crippen LogP contribution in [0.3, 0.4) is 0 Å². The van der Waals surface area contributed by atoms with Gasteiger partial charge in [-0.3, -0.25) is 19.5 Å². The second kappa shape index (κ2) is 7.23. The summed E-state index contributed by atoms with van der Waals surface area (Å²) in [5.74, 6) is 0.0882. The van der Waals surface area contributed by atoms with Crippen LogP contribution in [0.15, 0.2) is 65.2 Å². The first-order chi connectivity index (χ1) is 14.6. The van der Waals surface area contributed by atoms with Crippen LogP contribution in [0.4, 0.5) is 4.79 Å². The van der Waals surface area contributed by atoms with Gasteiger partial charge in [0, 0.05) is 30.6 Å². The number of para-hydroxylation sites is 3. The van der Waals surface area contributed by atoms with E-state index in [-0.39, 0.29) is 11.8 Å². The van der Waals surface area contributed by atoms with Gasteiger partial charge in [-0.05, 0) is 36.0 Å². The number of benzene rings is 2. The molecule has 2 aromatic carbocycles. The number of amides is 2. The molecule has 0 aliphatic carbocycles. The molecular weight excluding hydrogens is 402 g/mol. The average molecular weight is 419 g/mol. The molecule has 150 valence electrons. The zero-order chi connectivity index (χ0) is 20.7. The molecular formula is C22H17N3O4S. The van der Waals surface area contributed by atoms with E-state index in [4.69, 9.17) is 9.15 Å². The minimum Gasteiger partial charge on any atom is -0.441 e. The van der Waals surface area contributed by atoms with Crippen molar-refractivity contribution in [2.75, 3.05) is 13.7 Å². The summed E-state index contributed by atoms with van der Waals surface area (Å²) in [7, 11) is 1.46. The van der Waals surface area contributed by atoms with Gasteiger partial charge in [0.1, 0.15) is 5.52 Å². The van der Waals surface area contributed by atoms with Crippen LogP contribution in [-0.2, 0) is 20.9 Å². The highest BCUT2D eigenvalue weighted by Gasteiger charge is 2.54. The lowest BCUT2D eigenvalue weighted by Crippen LogP contribution is -2.38. The Kier molecular flexibility index (Phi) is 4.52. The van der Waals surface area contributed by atoms with Crippen molar-refractivity contribution in [2.24, 2.45) is 0 Å².